The zero-order chi connectivity index (χ0) is 21.0. The van der Waals surface area contributed by atoms with Gasteiger partial charge in [0.25, 0.3) is 0 Å². The van der Waals surface area contributed by atoms with Crippen molar-refractivity contribution in [3.05, 3.63) is 70.0 Å². The summed E-state index contributed by atoms with van der Waals surface area (Å²) in [5.41, 5.74) is 0.0891. The molecule has 0 saturated carbocycles. The van der Waals surface area contributed by atoms with Crippen molar-refractivity contribution in [2.75, 3.05) is 26.2 Å². The number of amides is 2. The summed E-state index contributed by atoms with van der Waals surface area (Å²) in [5.74, 6) is -1.35. The molecule has 1 fully saturated rings. The van der Waals surface area contributed by atoms with E-state index in [-0.39, 0.29) is 18.1 Å². The molecule has 3 rings (SSSR count). The Bertz CT molecular complexity index is 850. The molecule has 29 heavy (non-hydrogen) atoms. The zero-order valence-corrected chi connectivity index (χ0v) is 16.2. The quantitative estimate of drug-likeness (QED) is 0.725. The molecule has 9 heteroatoms. The molecule has 156 valence electrons. The van der Waals surface area contributed by atoms with E-state index in [1.165, 1.54) is 0 Å². The highest BCUT2D eigenvalue weighted by Gasteiger charge is 2.33. The Kier molecular flexibility index (Phi) is 6.64. The average Bonchev–Trinajstić information content (AvgIpc) is 2.67. The first-order valence-electron chi connectivity index (χ1n) is 9.07. The van der Waals surface area contributed by atoms with E-state index < -0.39 is 17.6 Å². The van der Waals surface area contributed by atoms with E-state index in [0.717, 1.165) is 24.2 Å². The highest BCUT2D eigenvalue weighted by molar-refractivity contribution is 6.30. The van der Waals surface area contributed by atoms with Gasteiger partial charge in [0.15, 0.2) is 0 Å². The number of urea groups is 1. The standard InChI is InChI=1S/C20H20ClF4N3O/c21-16-4-1-14(2-5-16)13-27-7-9-28(10-8-27)19(29)26-12-15-3-6-17(18(22)11-15)20(23,24)25/h1-6,11H,7-10,12-13H2,(H,26,29). The van der Waals surface area contributed by atoms with Crippen LogP contribution >= 0.6 is 11.6 Å². The fourth-order valence-corrected chi connectivity index (χ4v) is 3.27. The van der Waals surface area contributed by atoms with Gasteiger partial charge in [0.05, 0.1) is 5.56 Å². The van der Waals surface area contributed by atoms with Gasteiger partial charge in [0, 0.05) is 44.3 Å². The van der Waals surface area contributed by atoms with Crippen molar-refractivity contribution < 1.29 is 22.4 Å². The Morgan fingerprint density at radius 2 is 1.62 bits per heavy atom. The summed E-state index contributed by atoms with van der Waals surface area (Å²) >= 11 is 5.88. The van der Waals surface area contributed by atoms with E-state index in [0.29, 0.717) is 37.3 Å². The van der Waals surface area contributed by atoms with E-state index in [2.05, 4.69) is 10.2 Å². The lowest BCUT2D eigenvalue weighted by atomic mass is 10.1. The number of piperazine rings is 1. The van der Waals surface area contributed by atoms with Crippen molar-refractivity contribution in [3.8, 4) is 0 Å². The molecule has 1 heterocycles. The van der Waals surface area contributed by atoms with Crippen LogP contribution < -0.4 is 5.32 Å². The molecule has 0 spiro atoms. The molecule has 4 nitrogen and oxygen atoms in total. The van der Waals surface area contributed by atoms with Crippen LogP contribution in [0.3, 0.4) is 0 Å². The number of nitrogens with zero attached hydrogens (tertiary/aromatic N) is 2. The van der Waals surface area contributed by atoms with Gasteiger partial charge in [-0.3, -0.25) is 4.90 Å². The number of rotatable bonds is 4. The summed E-state index contributed by atoms with van der Waals surface area (Å²) in [6.07, 6.45) is -4.74. The van der Waals surface area contributed by atoms with Crippen LogP contribution in [0.15, 0.2) is 42.5 Å². The molecule has 1 aliphatic heterocycles. The molecule has 2 aromatic carbocycles. The van der Waals surface area contributed by atoms with E-state index >= 15 is 0 Å². The van der Waals surface area contributed by atoms with Crippen LogP contribution in [-0.4, -0.2) is 42.0 Å². The van der Waals surface area contributed by atoms with E-state index in [1.54, 1.807) is 4.90 Å². The van der Waals surface area contributed by atoms with Crippen LogP contribution in [0, 0.1) is 5.82 Å². The smallest absolute Gasteiger partial charge is 0.334 e. The van der Waals surface area contributed by atoms with Crippen molar-refractivity contribution in [2.24, 2.45) is 0 Å². The van der Waals surface area contributed by atoms with Gasteiger partial charge < -0.3 is 10.2 Å². The first-order chi connectivity index (χ1) is 13.7. The summed E-state index contributed by atoms with van der Waals surface area (Å²) in [6, 6.07) is 9.93. The summed E-state index contributed by atoms with van der Waals surface area (Å²) < 4.78 is 51.4. The highest BCUT2D eigenvalue weighted by atomic mass is 35.5. The number of carbonyl (C=O) groups is 1. The average molecular weight is 430 g/mol. The number of nitrogens with one attached hydrogen (secondary N) is 1. The second-order valence-electron chi connectivity index (χ2n) is 6.86. The SMILES string of the molecule is O=C(NCc1ccc(C(F)(F)F)c(F)c1)N1CCN(Cc2ccc(Cl)cc2)CC1. The molecule has 0 aliphatic carbocycles. The van der Waals surface area contributed by atoms with Crippen molar-refractivity contribution in [1.29, 1.82) is 0 Å². The molecule has 1 aliphatic rings. The zero-order valence-electron chi connectivity index (χ0n) is 15.5. The third-order valence-electron chi connectivity index (χ3n) is 4.76. The molecule has 0 unspecified atom stereocenters. The summed E-state index contributed by atoms with van der Waals surface area (Å²) in [4.78, 5) is 16.2. The van der Waals surface area contributed by atoms with Gasteiger partial charge in [0.1, 0.15) is 5.82 Å². The monoisotopic (exact) mass is 429 g/mol. The first-order valence-corrected chi connectivity index (χ1v) is 9.45. The molecular formula is C20H20ClF4N3O. The van der Waals surface area contributed by atoms with Crippen LogP contribution in [0.25, 0.3) is 0 Å². The second kappa shape index (κ2) is 9.00. The van der Waals surface area contributed by atoms with Crippen molar-refractivity contribution in [1.82, 2.24) is 15.1 Å². The molecule has 1 saturated heterocycles. The van der Waals surface area contributed by atoms with E-state index in [9.17, 15) is 22.4 Å². The minimum atomic E-state index is -4.74. The summed E-state index contributed by atoms with van der Waals surface area (Å²) in [7, 11) is 0. The molecule has 0 radical (unpaired) electrons. The van der Waals surface area contributed by atoms with Crippen molar-refractivity contribution in [3.63, 3.8) is 0 Å². The van der Waals surface area contributed by atoms with E-state index in [1.807, 2.05) is 24.3 Å². The maximum Gasteiger partial charge on any atom is 0.419 e. The molecule has 2 aromatic rings. The van der Waals surface area contributed by atoms with Gasteiger partial charge in [-0.25, -0.2) is 9.18 Å². The Labute approximate surface area is 171 Å². The number of hydrogen-bond acceptors (Lipinski definition) is 2. The van der Waals surface area contributed by atoms with Crippen LogP contribution in [0.1, 0.15) is 16.7 Å². The van der Waals surface area contributed by atoms with Crippen LogP contribution in [0.2, 0.25) is 5.02 Å². The second-order valence-corrected chi connectivity index (χ2v) is 7.30. The van der Waals surface area contributed by atoms with Crippen molar-refractivity contribution >= 4 is 17.6 Å². The lowest BCUT2D eigenvalue weighted by Gasteiger charge is -2.34. The Balaban J connectivity index is 1.46. The maximum atomic E-state index is 13.6. The first kappa shape index (κ1) is 21.4. The van der Waals surface area contributed by atoms with Crippen LogP contribution in [0.5, 0.6) is 0 Å². The molecule has 0 atom stereocenters. The third-order valence-corrected chi connectivity index (χ3v) is 5.01. The van der Waals surface area contributed by atoms with Crippen LogP contribution in [0.4, 0.5) is 22.4 Å². The Hall–Kier alpha value is -2.32. The highest BCUT2D eigenvalue weighted by Crippen LogP contribution is 2.31. The number of hydrogen-bond donors (Lipinski definition) is 1. The largest absolute Gasteiger partial charge is 0.419 e. The number of alkyl halides is 3. The van der Waals surface area contributed by atoms with Crippen molar-refractivity contribution in [2.45, 2.75) is 19.3 Å². The van der Waals surface area contributed by atoms with E-state index in [4.69, 9.17) is 11.6 Å². The Morgan fingerprint density at radius 1 is 1.00 bits per heavy atom. The predicted molar refractivity (Wildman–Crippen MR) is 102 cm³/mol. The minimum Gasteiger partial charge on any atom is -0.334 e. The van der Waals surface area contributed by atoms with Gasteiger partial charge >= 0.3 is 12.2 Å². The van der Waals surface area contributed by atoms with Gasteiger partial charge in [0.2, 0.25) is 0 Å². The molecule has 1 N–H and O–H groups in total. The fraction of sp³-hybridized carbons (Fsp3) is 0.350. The number of carbonyl (C=O) groups excluding carboxylic acids is 1. The maximum absolute atomic E-state index is 13.6. The number of benzene rings is 2. The van der Waals surface area contributed by atoms with Gasteiger partial charge in [-0.2, -0.15) is 13.2 Å². The lowest BCUT2D eigenvalue weighted by Crippen LogP contribution is -2.51. The molecule has 0 aromatic heterocycles. The Morgan fingerprint density at radius 3 is 2.21 bits per heavy atom. The normalized spacial score (nSPS) is 15.4. The summed E-state index contributed by atoms with van der Waals surface area (Å²) in [5, 5.41) is 3.31. The number of halogens is 5. The third kappa shape index (κ3) is 5.83. The lowest BCUT2D eigenvalue weighted by molar-refractivity contribution is -0.140. The van der Waals surface area contributed by atoms with Gasteiger partial charge in [-0.05, 0) is 35.4 Å². The fourth-order valence-electron chi connectivity index (χ4n) is 3.15. The minimum absolute atomic E-state index is 0.0428. The topological polar surface area (TPSA) is 35.6 Å². The molecular weight excluding hydrogens is 410 g/mol. The molecule has 0 bridgehead atoms. The predicted octanol–water partition coefficient (Wildman–Crippen LogP) is 4.53. The van der Waals surface area contributed by atoms with Crippen LogP contribution in [-0.2, 0) is 19.3 Å². The molecule has 2 amide bonds. The summed E-state index contributed by atoms with van der Waals surface area (Å²) in [6.45, 7) is 3.17. The van der Waals surface area contributed by atoms with Gasteiger partial charge in [-0.15, -0.1) is 0 Å². The van der Waals surface area contributed by atoms with Gasteiger partial charge in [-0.1, -0.05) is 29.8 Å².